The zero-order valence-corrected chi connectivity index (χ0v) is 14.1. The van der Waals surface area contributed by atoms with Gasteiger partial charge in [0.1, 0.15) is 5.82 Å². The van der Waals surface area contributed by atoms with Gasteiger partial charge in [-0.3, -0.25) is 0 Å². The van der Waals surface area contributed by atoms with Gasteiger partial charge in [-0.25, -0.2) is 4.98 Å². The number of hydrogen-bond donors (Lipinski definition) is 3. The molecule has 7 heteroatoms. The fourth-order valence-corrected chi connectivity index (χ4v) is 3.16. The second kappa shape index (κ2) is 6.64. The maximum Gasteiger partial charge on any atom is 0.226 e. The average molecular weight is 316 g/mol. The normalized spacial score (nSPS) is 20.9. The number of hydrogen-bond acceptors (Lipinski definition) is 7. The number of rotatable bonds is 5. The molecular formula is C16H24N6O. The number of fused-ring (bicyclic) bond motifs is 1. The molecular weight excluding hydrogens is 292 g/mol. The van der Waals surface area contributed by atoms with E-state index in [1.807, 2.05) is 14.0 Å². The second-order valence-corrected chi connectivity index (χ2v) is 6.06. The Labute approximate surface area is 136 Å². The first kappa shape index (κ1) is 15.9. The summed E-state index contributed by atoms with van der Waals surface area (Å²) in [7, 11) is 3.60. The molecule has 2 aromatic rings. The highest BCUT2D eigenvalue weighted by molar-refractivity contribution is 5.90. The highest BCUT2D eigenvalue weighted by atomic mass is 16.5. The Hall–Kier alpha value is -1.99. The molecule has 2 unspecified atom stereocenters. The summed E-state index contributed by atoms with van der Waals surface area (Å²) in [4.78, 5) is 13.8. The van der Waals surface area contributed by atoms with Crippen LogP contribution >= 0.6 is 0 Å². The molecule has 3 N–H and O–H groups in total. The van der Waals surface area contributed by atoms with Gasteiger partial charge in [0.2, 0.25) is 5.95 Å². The van der Waals surface area contributed by atoms with Gasteiger partial charge in [-0.05, 0) is 31.9 Å². The maximum atomic E-state index is 5.20. The fourth-order valence-electron chi connectivity index (χ4n) is 3.16. The lowest BCUT2D eigenvalue weighted by atomic mass is 10.1. The van der Waals surface area contributed by atoms with Gasteiger partial charge in [0.05, 0.1) is 12.0 Å². The smallest absolute Gasteiger partial charge is 0.226 e. The molecule has 1 fully saturated rings. The molecule has 3 rings (SSSR count). The molecule has 7 nitrogen and oxygen atoms in total. The topological polar surface area (TPSA) is 84.0 Å². The largest absolute Gasteiger partial charge is 0.383 e. The van der Waals surface area contributed by atoms with Crippen LogP contribution in [0.2, 0.25) is 0 Å². The summed E-state index contributed by atoms with van der Waals surface area (Å²) in [6, 6.07) is 2.73. The van der Waals surface area contributed by atoms with Gasteiger partial charge in [-0.15, -0.1) is 0 Å². The van der Waals surface area contributed by atoms with Gasteiger partial charge in [-0.1, -0.05) is 0 Å². The number of methoxy groups -OCH3 is 1. The van der Waals surface area contributed by atoms with Crippen LogP contribution in [0.5, 0.6) is 0 Å². The molecule has 124 valence electrons. The van der Waals surface area contributed by atoms with Gasteiger partial charge in [0.15, 0.2) is 5.65 Å². The molecule has 0 aliphatic carbocycles. The van der Waals surface area contributed by atoms with Crippen molar-refractivity contribution >= 4 is 22.8 Å². The van der Waals surface area contributed by atoms with Crippen LogP contribution in [0.1, 0.15) is 17.7 Å². The minimum Gasteiger partial charge on any atom is -0.383 e. The zero-order chi connectivity index (χ0) is 16.4. The van der Waals surface area contributed by atoms with Crippen molar-refractivity contribution in [1.29, 1.82) is 0 Å². The van der Waals surface area contributed by atoms with Gasteiger partial charge in [0.25, 0.3) is 0 Å². The van der Waals surface area contributed by atoms with Gasteiger partial charge < -0.3 is 20.7 Å². The van der Waals surface area contributed by atoms with Crippen molar-refractivity contribution in [2.24, 2.45) is 0 Å². The molecule has 0 spiro atoms. The lowest BCUT2D eigenvalue weighted by Gasteiger charge is -2.15. The van der Waals surface area contributed by atoms with E-state index in [1.54, 1.807) is 7.11 Å². The molecule has 1 saturated heterocycles. The van der Waals surface area contributed by atoms with Gasteiger partial charge in [-0.2, -0.15) is 9.97 Å². The van der Waals surface area contributed by atoms with Crippen molar-refractivity contribution in [3.63, 3.8) is 0 Å². The minimum atomic E-state index is 0.295. The standard InChI is InChI=1S/C16H24N6O/c1-9-5-10(2)19-15-13(9)14(17-3)21-16(22-15)20-11-6-12(8-23-4)18-7-11/h5,11-12,18H,6-8H2,1-4H3,(H2,17,19,20,21,22). The minimum absolute atomic E-state index is 0.295. The molecule has 0 radical (unpaired) electrons. The molecule has 1 aliphatic rings. The van der Waals surface area contributed by atoms with Gasteiger partial charge >= 0.3 is 0 Å². The number of aromatic nitrogens is 3. The molecule has 1 aliphatic heterocycles. The first-order chi connectivity index (χ1) is 11.1. The van der Waals surface area contributed by atoms with Crippen molar-refractivity contribution in [3.05, 3.63) is 17.3 Å². The van der Waals surface area contributed by atoms with E-state index in [-0.39, 0.29) is 0 Å². The van der Waals surface area contributed by atoms with Crippen LogP contribution in [-0.4, -0.2) is 54.3 Å². The molecule has 0 amide bonds. The number of nitrogens with one attached hydrogen (secondary N) is 3. The lowest BCUT2D eigenvalue weighted by molar-refractivity contribution is 0.173. The quantitative estimate of drug-likeness (QED) is 0.770. The third kappa shape index (κ3) is 3.35. The Morgan fingerprint density at radius 2 is 2.13 bits per heavy atom. The zero-order valence-electron chi connectivity index (χ0n) is 14.1. The first-order valence-electron chi connectivity index (χ1n) is 7.93. The van der Waals surface area contributed by atoms with E-state index in [4.69, 9.17) is 4.74 Å². The van der Waals surface area contributed by atoms with Crippen LogP contribution in [0.3, 0.4) is 0 Å². The van der Waals surface area contributed by atoms with Crippen molar-refractivity contribution < 1.29 is 4.74 Å². The number of anilines is 2. The van der Waals surface area contributed by atoms with Crippen molar-refractivity contribution in [2.75, 3.05) is 37.9 Å². The summed E-state index contributed by atoms with van der Waals surface area (Å²) in [6.07, 6.45) is 0.990. The summed E-state index contributed by atoms with van der Waals surface area (Å²) < 4.78 is 5.20. The van der Waals surface area contributed by atoms with Crippen LogP contribution in [0, 0.1) is 13.8 Å². The molecule has 0 aromatic carbocycles. The Bertz CT molecular complexity index is 705. The summed E-state index contributed by atoms with van der Waals surface area (Å²) in [6.45, 7) is 5.64. The van der Waals surface area contributed by atoms with E-state index in [0.717, 1.165) is 47.7 Å². The third-order valence-electron chi connectivity index (χ3n) is 4.15. The predicted octanol–water partition coefficient (Wildman–Crippen LogP) is 1.47. The Morgan fingerprint density at radius 1 is 1.30 bits per heavy atom. The summed E-state index contributed by atoms with van der Waals surface area (Å²) in [5.41, 5.74) is 2.82. The number of ether oxygens (including phenoxy) is 1. The third-order valence-corrected chi connectivity index (χ3v) is 4.15. The van der Waals surface area contributed by atoms with Crippen LogP contribution in [-0.2, 0) is 4.74 Å². The molecule has 2 atom stereocenters. The van der Waals surface area contributed by atoms with E-state index >= 15 is 0 Å². The van der Waals surface area contributed by atoms with E-state index in [1.165, 1.54) is 0 Å². The highest BCUT2D eigenvalue weighted by Crippen LogP contribution is 2.25. The molecule has 0 saturated carbocycles. The monoisotopic (exact) mass is 316 g/mol. The molecule has 0 bridgehead atoms. The number of aryl methyl sites for hydroxylation is 2. The van der Waals surface area contributed by atoms with E-state index in [0.29, 0.717) is 18.0 Å². The van der Waals surface area contributed by atoms with Crippen LogP contribution in [0.4, 0.5) is 11.8 Å². The lowest BCUT2D eigenvalue weighted by Crippen LogP contribution is -2.26. The maximum absolute atomic E-state index is 5.20. The number of nitrogens with zero attached hydrogens (tertiary/aromatic N) is 3. The molecule has 2 aromatic heterocycles. The van der Waals surface area contributed by atoms with E-state index in [2.05, 4.69) is 43.9 Å². The van der Waals surface area contributed by atoms with Crippen molar-refractivity contribution in [3.8, 4) is 0 Å². The van der Waals surface area contributed by atoms with Crippen LogP contribution < -0.4 is 16.0 Å². The fraction of sp³-hybridized carbons (Fsp3) is 0.562. The van der Waals surface area contributed by atoms with E-state index < -0.39 is 0 Å². The average Bonchev–Trinajstić information content (AvgIpc) is 2.93. The van der Waals surface area contributed by atoms with Crippen molar-refractivity contribution in [1.82, 2.24) is 20.3 Å². The second-order valence-electron chi connectivity index (χ2n) is 6.06. The Morgan fingerprint density at radius 3 is 2.87 bits per heavy atom. The number of pyridine rings is 1. The predicted molar refractivity (Wildman–Crippen MR) is 92.0 cm³/mol. The first-order valence-corrected chi connectivity index (χ1v) is 7.93. The van der Waals surface area contributed by atoms with Crippen molar-refractivity contribution in [2.45, 2.75) is 32.4 Å². The molecule has 23 heavy (non-hydrogen) atoms. The Kier molecular flexibility index (Phi) is 4.58. The van der Waals surface area contributed by atoms with E-state index in [9.17, 15) is 0 Å². The summed E-state index contributed by atoms with van der Waals surface area (Å²) >= 11 is 0. The van der Waals surface area contributed by atoms with Crippen LogP contribution in [0.25, 0.3) is 11.0 Å². The SMILES string of the molecule is CNc1nc(NC2CNC(COC)C2)nc2nc(C)cc(C)c12. The van der Waals surface area contributed by atoms with Gasteiger partial charge in [0, 0.05) is 38.5 Å². The molecule has 3 heterocycles. The summed E-state index contributed by atoms with van der Waals surface area (Å²) in [5, 5.41) is 11.0. The highest BCUT2D eigenvalue weighted by Gasteiger charge is 2.24. The summed E-state index contributed by atoms with van der Waals surface area (Å²) in [5.74, 6) is 1.42. The Balaban J connectivity index is 1.87. The van der Waals surface area contributed by atoms with Crippen LogP contribution in [0.15, 0.2) is 6.07 Å².